The maximum absolute atomic E-state index is 13.5. The Morgan fingerprint density at radius 2 is 1.59 bits per heavy atom. The monoisotopic (exact) mass is 402 g/mol. The van der Waals surface area contributed by atoms with Crippen LogP contribution in [0.5, 0.6) is 0 Å². The summed E-state index contributed by atoms with van der Waals surface area (Å²) in [7, 11) is 0. The van der Waals surface area contributed by atoms with E-state index in [1.54, 1.807) is 0 Å². The molecule has 0 radical (unpaired) electrons. The molecular formula is C26H42O3. The minimum absolute atomic E-state index is 0.0840. The van der Waals surface area contributed by atoms with Gasteiger partial charge < -0.3 is 4.74 Å². The number of carbonyl (C=O) groups excluding carboxylic acids is 2. The van der Waals surface area contributed by atoms with Gasteiger partial charge in [0, 0.05) is 5.56 Å². The Labute approximate surface area is 178 Å². The van der Waals surface area contributed by atoms with Crippen LogP contribution in [-0.4, -0.2) is 18.4 Å². The van der Waals surface area contributed by atoms with Crippen molar-refractivity contribution in [3.63, 3.8) is 0 Å². The summed E-state index contributed by atoms with van der Waals surface area (Å²) in [4.78, 5) is 26.4. The number of carbonyl (C=O) groups is 2. The smallest absolute Gasteiger partial charge is 0.316 e. The maximum Gasteiger partial charge on any atom is 0.316 e. The molecule has 2 atom stereocenters. The molecule has 3 nitrogen and oxygen atoms in total. The summed E-state index contributed by atoms with van der Waals surface area (Å²) in [5, 5.41) is 0. The molecule has 0 aliphatic carbocycles. The lowest BCUT2D eigenvalue weighted by Crippen LogP contribution is -2.30. The Kier molecular flexibility index (Phi) is 10.1. The second kappa shape index (κ2) is 11.5. The molecule has 1 rings (SSSR count). The fraction of sp³-hybridized carbons (Fsp3) is 0.692. The highest BCUT2D eigenvalue weighted by atomic mass is 16.5. The van der Waals surface area contributed by atoms with Crippen molar-refractivity contribution in [1.29, 1.82) is 0 Å². The molecule has 29 heavy (non-hydrogen) atoms. The van der Waals surface area contributed by atoms with Crippen molar-refractivity contribution in [2.75, 3.05) is 6.61 Å². The fourth-order valence-electron chi connectivity index (χ4n) is 4.39. The zero-order valence-corrected chi connectivity index (χ0v) is 20.0. The molecule has 0 heterocycles. The number of hydrogen-bond donors (Lipinski definition) is 0. The Bertz CT molecular complexity index is 659. The fourth-order valence-corrected chi connectivity index (χ4v) is 4.39. The van der Waals surface area contributed by atoms with E-state index in [0.29, 0.717) is 18.6 Å². The van der Waals surface area contributed by atoms with Crippen molar-refractivity contribution in [2.45, 2.75) is 93.9 Å². The van der Waals surface area contributed by atoms with Crippen LogP contribution in [0.2, 0.25) is 0 Å². The molecule has 0 saturated carbocycles. The van der Waals surface area contributed by atoms with E-state index in [9.17, 15) is 9.59 Å². The van der Waals surface area contributed by atoms with E-state index < -0.39 is 5.92 Å². The van der Waals surface area contributed by atoms with Gasteiger partial charge in [0.2, 0.25) is 0 Å². The molecule has 3 heteroatoms. The second-order valence-corrected chi connectivity index (χ2v) is 10.0. The normalized spacial score (nSPS) is 13.8. The lowest BCUT2D eigenvalue weighted by molar-refractivity contribution is -0.147. The highest BCUT2D eigenvalue weighted by Gasteiger charge is 2.33. The maximum atomic E-state index is 13.5. The van der Waals surface area contributed by atoms with Crippen LogP contribution < -0.4 is 0 Å². The summed E-state index contributed by atoms with van der Waals surface area (Å²) in [5.41, 5.74) is 3.86. The first kappa shape index (κ1) is 25.4. The number of ether oxygens (including phenoxy) is 1. The number of rotatable bonds is 11. The molecule has 0 aliphatic rings. The molecule has 0 spiro atoms. The van der Waals surface area contributed by atoms with Crippen LogP contribution in [0, 0.1) is 38.0 Å². The van der Waals surface area contributed by atoms with Crippen molar-refractivity contribution in [3.8, 4) is 0 Å². The summed E-state index contributed by atoms with van der Waals surface area (Å²) >= 11 is 0. The third kappa shape index (κ3) is 8.72. The first-order valence-corrected chi connectivity index (χ1v) is 11.2. The Hall–Kier alpha value is -1.64. The molecule has 1 aromatic rings. The molecule has 2 unspecified atom stereocenters. The number of hydrogen-bond acceptors (Lipinski definition) is 3. The van der Waals surface area contributed by atoms with Crippen LogP contribution in [0.3, 0.4) is 0 Å². The molecule has 0 aromatic heterocycles. The van der Waals surface area contributed by atoms with E-state index in [1.165, 1.54) is 0 Å². The molecule has 0 N–H and O–H groups in total. The highest BCUT2D eigenvalue weighted by Crippen LogP contribution is 2.31. The molecule has 0 amide bonds. The van der Waals surface area contributed by atoms with E-state index in [-0.39, 0.29) is 23.1 Å². The van der Waals surface area contributed by atoms with Crippen LogP contribution in [0.15, 0.2) is 12.1 Å². The summed E-state index contributed by atoms with van der Waals surface area (Å²) in [6.45, 7) is 17.2. The Morgan fingerprint density at radius 1 is 1.00 bits per heavy atom. The van der Waals surface area contributed by atoms with Gasteiger partial charge in [0.25, 0.3) is 0 Å². The van der Waals surface area contributed by atoms with Crippen molar-refractivity contribution >= 4 is 11.8 Å². The highest BCUT2D eigenvalue weighted by molar-refractivity contribution is 6.10. The quantitative estimate of drug-likeness (QED) is 0.173. The predicted octanol–water partition coefficient (Wildman–Crippen LogP) is 7.00. The molecule has 0 aliphatic heterocycles. The molecule has 0 fully saturated rings. The number of Topliss-reactive ketones (excluding diaryl/α,β-unsaturated/α-hetero) is 1. The standard InChI is InChI=1S/C26H42O3/c1-9-10-11-12-13-29-25(28)22(16-19(3)17-26(6,7)8)24(27)23-20(4)14-18(2)15-21(23)5/h14-15,19,22H,9-13,16-17H2,1-8H3. The van der Waals surface area contributed by atoms with Crippen molar-refractivity contribution in [3.05, 3.63) is 34.4 Å². The lowest BCUT2D eigenvalue weighted by Gasteiger charge is -2.26. The average Bonchev–Trinajstić information content (AvgIpc) is 2.56. The van der Waals surface area contributed by atoms with E-state index in [2.05, 4.69) is 34.6 Å². The topological polar surface area (TPSA) is 43.4 Å². The largest absolute Gasteiger partial charge is 0.465 e. The Balaban J connectivity index is 3.03. The summed E-state index contributed by atoms with van der Waals surface area (Å²) < 4.78 is 5.57. The number of ketones is 1. The minimum Gasteiger partial charge on any atom is -0.465 e. The van der Waals surface area contributed by atoms with Crippen molar-refractivity contribution < 1.29 is 14.3 Å². The average molecular weight is 403 g/mol. The summed E-state index contributed by atoms with van der Waals surface area (Å²) in [6.07, 6.45) is 5.71. The van der Waals surface area contributed by atoms with Crippen molar-refractivity contribution in [1.82, 2.24) is 0 Å². The third-order valence-electron chi connectivity index (χ3n) is 5.37. The van der Waals surface area contributed by atoms with Crippen LogP contribution in [-0.2, 0) is 9.53 Å². The van der Waals surface area contributed by atoms with Gasteiger partial charge in [0.1, 0.15) is 5.92 Å². The van der Waals surface area contributed by atoms with Gasteiger partial charge in [-0.25, -0.2) is 0 Å². The van der Waals surface area contributed by atoms with Gasteiger partial charge in [0.15, 0.2) is 5.78 Å². The van der Waals surface area contributed by atoms with E-state index >= 15 is 0 Å². The van der Waals surface area contributed by atoms with Crippen LogP contribution in [0.1, 0.15) is 100 Å². The number of benzene rings is 1. The lowest BCUT2D eigenvalue weighted by atomic mass is 9.79. The van der Waals surface area contributed by atoms with Crippen LogP contribution in [0.4, 0.5) is 0 Å². The summed E-state index contributed by atoms with van der Waals surface area (Å²) in [6, 6.07) is 4.04. The van der Waals surface area contributed by atoms with E-state index in [4.69, 9.17) is 4.74 Å². The first-order chi connectivity index (χ1) is 13.5. The van der Waals surface area contributed by atoms with Gasteiger partial charge in [-0.1, -0.05) is 71.6 Å². The summed E-state index contributed by atoms with van der Waals surface area (Å²) in [5.74, 6) is -0.896. The first-order valence-electron chi connectivity index (χ1n) is 11.2. The zero-order valence-electron chi connectivity index (χ0n) is 20.0. The predicted molar refractivity (Wildman–Crippen MR) is 121 cm³/mol. The second-order valence-electron chi connectivity index (χ2n) is 10.0. The SMILES string of the molecule is CCCCCCOC(=O)C(CC(C)CC(C)(C)C)C(=O)c1c(C)cc(C)cc1C. The van der Waals surface area contributed by atoms with Gasteiger partial charge >= 0.3 is 5.97 Å². The van der Waals surface area contributed by atoms with Gasteiger partial charge in [-0.3, -0.25) is 9.59 Å². The van der Waals surface area contributed by atoms with Gasteiger partial charge in [-0.15, -0.1) is 0 Å². The number of esters is 1. The molecular weight excluding hydrogens is 360 g/mol. The number of unbranched alkanes of at least 4 members (excludes halogenated alkanes) is 3. The van der Waals surface area contributed by atoms with Gasteiger partial charge in [-0.05, 0) is 62.5 Å². The minimum atomic E-state index is -0.723. The van der Waals surface area contributed by atoms with Crippen LogP contribution in [0.25, 0.3) is 0 Å². The molecule has 0 bridgehead atoms. The van der Waals surface area contributed by atoms with E-state index in [1.807, 2.05) is 32.9 Å². The number of aryl methyl sites for hydroxylation is 3. The zero-order chi connectivity index (χ0) is 22.2. The third-order valence-corrected chi connectivity index (χ3v) is 5.37. The van der Waals surface area contributed by atoms with E-state index in [0.717, 1.165) is 48.8 Å². The van der Waals surface area contributed by atoms with Crippen molar-refractivity contribution in [2.24, 2.45) is 17.3 Å². The van der Waals surface area contributed by atoms with Crippen LogP contribution >= 0.6 is 0 Å². The van der Waals surface area contributed by atoms with Gasteiger partial charge in [-0.2, -0.15) is 0 Å². The Morgan fingerprint density at radius 3 is 2.10 bits per heavy atom. The van der Waals surface area contributed by atoms with Gasteiger partial charge in [0.05, 0.1) is 6.61 Å². The molecule has 0 saturated heterocycles. The molecule has 1 aromatic carbocycles. The molecule has 164 valence electrons.